The van der Waals surface area contributed by atoms with Gasteiger partial charge in [0.05, 0.1) is 5.60 Å². The molecule has 0 amide bonds. The summed E-state index contributed by atoms with van der Waals surface area (Å²) in [5, 5.41) is 3.62. The predicted molar refractivity (Wildman–Crippen MR) is 65.1 cm³/mol. The number of likely N-dealkylation sites (N-methyl/N-ethyl adjacent to an activating group) is 1. The fraction of sp³-hybridized carbons (Fsp3) is 1.00. The van der Waals surface area contributed by atoms with E-state index >= 15 is 0 Å². The first-order valence-corrected chi connectivity index (χ1v) is 6.50. The van der Waals surface area contributed by atoms with Gasteiger partial charge in [-0.05, 0) is 31.7 Å². The van der Waals surface area contributed by atoms with E-state index in [1.165, 1.54) is 19.3 Å². The van der Waals surface area contributed by atoms with Crippen LogP contribution in [0, 0.1) is 5.92 Å². The van der Waals surface area contributed by atoms with Gasteiger partial charge in [-0.1, -0.05) is 33.6 Å². The second kappa shape index (κ2) is 5.86. The number of rotatable bonds is 8. The molecule has 0 bridgehead atoms. The quantitative estimate of drug-likeness (QED) is 0.669. The molecule has 1 aliphatic carbocycles. The van der Waals surface area contributed by atoms with E-state index < -0.39 is 0 Å². The summed E-state index contributed by atoms with van der Waals surface area (Å²) >= 11 is 0. The third kappa shape index (κ3) is 3.18. The minimum absolute atomic E-state index is 0.0542. The van der Waals surface area contributed by atoms with Crippen LogP contribution in [0.1, 0.15) is 52.9 Å². The van der Waals surface area contributed by atoms with Crippen LogP contribution in [0.15, 0.2) is 0 Å². The van der Waals surface area contributed by atoms with Crippen LogP contribution in [0.4, 0.5) is 0 Å². The molecule has 0 aromatic carbocycles. The minimum atomic E-state index is 0.0542. The maximum atomic E-state index is 5.82. The number of nitrogens with one attached hydrogen (secondary N) is 1. The van der Waals surface area contributed by atoms with Gasteiger partial charge in [-0.2, -0.15) is 0 Å². The van der Waals surface area contributed by atoms with Crippen molar-refractivity contribution >= 4 is 0 Å². The van der Waals surface area contributed by atoms with E-state index in [0.717, 1.165) is 25.3 Å². The Balaban J connectivity index is 2.62. The van der Waals surface area contributed by atoms with E-state index in [1.807, 2.05) is 7.11 Å². The minimum Gasteiger partial charge on any atom is -0.377 e. The lowest BCUT2D eigenvalue weighted by molar-refractivity contribution is -0.0503. The Labute approximate surface area is 94.8 Å². The Morgan fingerprint density at radius 3 is 2.20 bits per heavy atom. The molecule has 1 rings (SSSR count). The van der Waals surface area contributed by atoms with Crippen LogP contribution in [0.2, 0.25) is 0 Å². The van der Waals surface area contributed by atoms with Crippen molar-refractivity contribution in [3.8, 4) is 0 Å². The number of hydrogen-bond donors (Lipinski definition) is 1. The summed E-state index contributed by atoms with van der Waals surface area (Å²) in [6.07, 6.45) is 6.35. The lowest BCUT2D eigenvalue weighted by Gasteiger charge is -2.39. The molecule has 2 heteroatoms. The zero-order chi connectivity index (χ0) is 11.3. The predicted octanol–water partition coefficient (Wildman–Crippen LogP) is 2.97. The summed E-state index contributed by atoms with van der Waals surface area (Å²) in [5.74, 6) is 0.960. The zero-order valence-electron chi connectivity index (χ0n) is 10.8. The maximum absolute atomic E-state index is 5.82. The fourth-order valence-corrected chi connectivity index (χ4v) is 2.59. The average Bonchev–Trinajstić information content (AvgIpc) is 3.05. The fourth-order valence-electron chi connectivity index (χ4n) is 2.59. The first kappa shape index (κ1) is 13.0. The van der Waals surface area contributed by atoms with E-state index in [9.17, 15) is 0 Å². The zero-order valence-corrected chi connectivity index (χ0v) is 10.8. The Hall–Kier alpha value is -0.0800. The number of ether oxygens (including phenoxy) is 1. The molecule has 1 unspecified atom stereocenters. The highest BCUT2D eigenvalue weighted by molar-refractivity contribution is 4.94. The molecule has 15 heavy (non-hydrogen) atoms. The van der Waals surface area contributed by atoms with Crippen molar-refractivity contribution in [2.75, 3.05) is 13.7 Å². The van der Waals surface area contributed by atoms with E-state index in [-0.39, 0.29) is 5.60 Å². The average molecular weight is 213 g/mol. The third-order valence-electron chi connectivity index (χ3n) is 3.95. The molecule has 0 aromatic heterocycles. The van der Waals surface area contributed by atoms with Crippen molar-refractivity contribution in [1.82, 2.24) is 5.32 Å². The monoisotopic (exact) mass is 213 g/mol. The summed E-state index contributed by atoms with van der Waals surface area (Å²) in [5.41, 5.74) is 0.0542. The highest BCUT2D eigenvalue weighted by Crippen LogP contribution is 2.38. The first-order chi connectivity index (χ1) is 7.22. The van der Waals surface area contributed by atoms with Crippen LogP contribution < -0.4 is 5.32 Å². The molecule has 0 radical (unpaired) electrons. The molecule has 1 saturated carbocycles. The molecule has 1 aliphatic rings. The van der Waals surface area contributed by atoms with E-state index in [4.69, 9.17) is 4.74 Å². The van der Waals surface area contributed by atoms with Gasteiger partial charge in [-0.3, -0.25) is 0 Å². The summed E-state index contributed by atoms with van der Waals surface area (Å²) in [6, 6.07) is 0.537. The molecule has 2 nitrogen and oxygen atoms in total. The molecule has 1 fully saturated rings. The van der Waals surface area contributed by atoms with E-state index in [1.54, 1.807) is 0 Å². The van der Waals surface area contributed by atoms with Gasteiger partial charge in [0.2, 0.25) is 0 Å². The van der Waals surface area contributed by atoms with Crippen molar-refractivity contribution < 1.29 is 4.74 Å². The number of hydrogen-bond acceptors (Lipinski definition) is 2. The Bertz CT molecular complexity index is 165. The molecule has 1 atom stereocenters. The van der Waals surface area contributed by atoms with E-state index in [2.05, 4.69) is 26.1 Å². The summed E-state index contributed by atoms with van der Waals surface area (Å²) in [7, 11) is 1.87. The van der Waals surface area contributed by atoms with Crippen LogP contribution >= 0.6 is 0 Å². The van der Waals surface area contributed by atoms with Crippen LogP contribution in [0.25, 0.3) is 0 Å². The first-order valence-electron chi connectivity index (χ1n) is 6.50. The second-order valence-electron chi connectivity index (χ2n) is 4.77. The molecule has 90 valence electrons. The van der Waals surface area contributed by atoms with Gasteiger partial charge in [0.15, 0.2) is 0 Å². The van der Waals surface area contributed by atoms with Gasteiger partial charge in [0.1, 0.15) is 0 Å². The molecule has 1 N–H and O–H groups in total. The van der Waals surface area contributed by atoms with Crippen molar-refractivity contribution in [3.63, 3.8) is 0 Å². The van der Waals surface area contributed by atoms with Crippen LogP contribution in [0.5, 0.6) is 0 Å². The summed E-state index contributed by atoms with van der Waals surface area (Å²) in [6.45, 7) is 7.71. The van der Waals surface area contributed by atoms with Crippen molar-refractivity contribution in [2.24, 2.45) is 5.92 Å². The highest BCUT2D eigenvalue weighted by atomic mass is 16.5. The summed E-state index contributed by atoms with van der Waals surface area (Å²) in [4.78, 5) is 0. The van der Waals surface area contributed by atoms with Gasteiger partial charge in [0.25, 0.3) is 0 Å². The largest absolute Gasteiger partial charge is 0.377 e. The van der Waals surface area contributed by atoms with Crippen LogP contribution in [0.3, 0.4) is 0 Å². The topological polar surface area (TPSA) is 21.3 Å². The van der Waals surface area contributed by atoms with Gasteiger partial charge in [0, 0.05) is 13.2 Å². The maximum Gasteiger partial charge on any atom is 0.0825 e. The van der Waals surface area contributed by atoms with Gasteiger partial charge < -0.3 is 10.1 Å². The molecule has 0 spiro atoms. The lowest BCUT2D eigenvalue weighted by atomic mass is 9.85. The standard InChI is InChI=1S/C13H27NO/c1-5-13(6-2,15-4)12(14-7-3)10-11-8-9-11/h11-12,14H,5-10H2,1-4H3. The molecule has 0 aromatic rings. The number of methoxy groups -OCH3 is 1. The Morgan fingerprint density at radius 2 is 1.87 bits per heavy atom. The van der Waals surface area contributed by atoms with Gasteiger partial charge in [-0.25, -0.2) is 0 Å². The normalized spacial score (nSPS) is 19.2. The van der Waals surface area contributed by atoms with Gasteiger partial charge in [-0.15, -0.1) is 0 Å². The lowest BCUT2D eigenvalue weighted by Crippen LogP contribution is -2.51. The Morgan fingerprint density at radius 1 is 1.27 bits per heavy atom. The summed E-state index contributed by atoms with van der Waals surface area (Å²) < 4.78 is 5.82. The SMILES string of the molecule is CCNC(CC1CC1)C(CC)(CC)OC. The molecular weight excluding hydrogens is 186 g/mol. The second-order valence-corrected chi connectivity index (χ2v) is 4.77. The highest BCUT2D eigenvalue weighted by Gasteiger charge is 2.38. The molecular formula is C13H27NO. The van der Waals surface area contributed by atoms with E-state index in [0.29, 0.717) is 6.04 Å². The van der Waals surface area contributed by atoms with Crippen molar-refractivity contribution in [2.45, 2.75) is 64.5 Å². The van der Waals surface area contributed by atoms with Crippen molar-refractivity contribution in [3.05, 3.63) is 0 Å². The Kier molecular flexibility index (Phi) is 5.07. The molecule has 0 heterocycles. The van der Waals surface area contributed by atoms with Crippen LogP contribution in [-0.4, -0.2) is 25.3 Å². The smallest absolute Gasteiger partial charge is 0.0825 e. The van der Waals surface area contributed by atoms with Gasteiger partial charge >= 0.3 is 0 Å². The van der Waals surface area contributed by atoms with Crippen molar-refractivity contribution in [1.29, 1.82) is 0 Å². The molecule has 0 aliphatic heterocycles. The third-order valence-corrected chi connectivity index (χ3v) is 3.95. The molecule has 0 saturated heterocycles. The van der Waals surface area contributed by atoms with Crippen LogP contribution in [-0.2, 0) is 4.74 Å².